The lowest BCUT2D eigenvalue weighted by Crippen LogP contribution is -2.60. The molecule has 4 aromatic rings. The molecule has 0 bridgehead atoms. The van der Waals surface area contributed by atoms with Crippen molar-refractivity contribution in [2.75, 3.05) is 13.2 Å². The van der Waals surface area contributed by atoms with Crippen molar-refractivity contribution < 1.29 is 67.8 Å². The van der Waals surface area contributed by atoms with Crippen molar-refractivity contribution in [3.63, 3.8) is 0 Å². The van der Waals surface area contributed by atoms with Gasteiger partial charge in [0.25, 0.3) is 5.69 Å². The molecular formula is C84H104N4O18. The van der Waals surface area contributed by atoms with Crippen molar-refractivity contribution in [3.05, 3.63) is 178 Å². The van der Waals surface area contributed by atoms with Crippen molar-refractivity contribution in [2.45, 2.75) is 243 Å². The predicted octanol–water partition coefficient (Wildman–Crippen LogP) is 15.2. The monoisotopic (exact) mass is 1460 g/mol. The fraction of sp³-hybridized carbons (Fsp3) is 0.619. The molecule has 12 aliphatic carbocycles. The molecule has 568 valence electrons. The molecule has 0 aliphatic heterocycles. The summed E-state index contributed by atoms with van der Waals surface area (Å²) in [7, 11) is 0. The van der Waals surface area contributed by atoms with Crippen LogP contribution in [0, 0.1) is 78.1 Å². The Morgan fingerprint density at radius 3 is 1.14 bits per heavy atom. The van der Waals surface area contributed by atoms with Crippen LogP contribution in [0.4, 0.5) is 5.69 Å². The van der Waals surface area contributed by atoms with E-state index >= 15 is 0 Å². The third-order valence-corrected chi connectivity index (χ3v) is 30.4. The second-order valence-corrected chi connectivity index (χ2v) is 34.7. The third-order valence-electron chi connectivity index (χ3n) is 30.4. The van der Waals surface area contributed by atoms with E-state index in [-0.39, 0.29) is 110 Å². The summed E-state index contributed by atoms with van der Waals surface area (Å²) < 4.78 is 15.6. The lowest BCUT2D eigenvalue weighted by atomic mass is 9.45. The molecule has 0 radical (unpaired) electrons. The van der Waals surface area contributed by atoms with Crippen molar-refractivity contribution >= 4 is 34.8 Å². The molecule has 9 saturated carbocycles. The molecule has 0 spiro atoms. The Balaban J connectivity index is 0.000000134. The highest BCUT2D eigenvalue weighted by Crippen LogP contribution is 2.74. The minimum atomic E-state index is -1.03. The third kappa shape index (κ3) is 12.9. The summed E-state index contributed by atoms with van der Waals surface area (Å²) in [5.74, 6) is 0.643. The summed E-state index contributed by atoms with van der Waals surface area (Å²) in [6.45, 7) is 13.8. The number of hydrogen-bond donors (Lipinski definition) is 5. The highest BCUT2D eigenvalue weighted by Gasteiger charge is 2.70. The number of fused-ring (bicyclic) bond motifs is 15. The molecule has 9 fully saturated rings. The van der Waals surface area contributed by atoms with E-state index in [2.05, 4.69) is 75.2 Å². The number of nitrogens with zero attached hydrogens (tertiary/aromatic N) is 4. The fourth-order valence-electron chi connectivity index (χ4n) is 24.5. The highest BCUT2D eigenvalue weighted by molar-refractivity contribution is 5.97. The Kier molecular flexibility index (Phi) is 20.1. The van der Waals surface area contributed by atoms with E-state index < -0.39 is 40.3 Å². The van der Waals surface area contributed by atoms with Crippen molar-refractivity contribution in [1.29, 1.82) is 0 Å². The molecule has 22 heteroatoms. The number of carbonyl (C=O) groups is 2. The average Bonchev–Trinajstić information content (AvgIpc) is 1.48. The van der Waals surface area contributed by atoms with Gasteiger partial charge in [-0.05, 0) is 294 Å². The van der Waals surface area contributed by atoms with E-state index in [0.717, 1.165) is 193 Å². The molecule has 106 heavy (non-hydrogen) atoms. The number of carboxylic acids is 2. The second-order valence-electron chi connectivity index (χ2n) is 34.7. The van der Waals surface area contributed by atoms with Crippen LogP contribution in [0.5, 0.6) is 0 Å². The molecule has 12 aliphatic rings. The first-order valence-electron chi connectivity index (χ1n) is 38.8. The highest BCUT2D eigenvalue weighted by atomic mass is 16.6. The lowest BCUT2D eigenvalue weighted by molar-refractivity contribution is -0.384. The standard InChI is InChI=1S/C31H36N2O6.C27H35NO6.C26H33NO6/c1-29-14-11-23(32-39-18-20-3-7-24(8-4-20)33(36)37)17-22(29)6-9-27-26(29)12-15-30(2)25(13-16-31(27,30)35)21-5-10-28(34)38-19-21;1-25-11-7-19(28-34-14-10-23(29)30)15-18(25)4-5-22-21(25)8-12-26(2)20(9-13-27(22,26)32)17-3-6-24(31)33-16-17;1-24-10-7-18(27-33-15-22(28)29)13-17(24)4-5-21-20(24)8-11-25(2)19(9-12-26(21,25)31)16-3-6-23(30)32-14-16/h3-5,7-8,10,17,19,25-27,35H,6,9,11-16,18H2,1-2H3;3,6,15-16,20-22,32H,4-5,7-14H2,1-2H3,(H,29,30);3,6,13-14,19-21,31H,4-5,7-12,15H2,1-2H3,(H,28,29)/t25-,26?,27?,29+,30-,31+;20-,21?,22?,25+,26-,27+;19-,20?,21?,24+,25-,26+/m111/s1. The molecule has 1 aromatic carbocycles. The zero-order valence-corrected chi connectivity index (χ0v) is 62.1. The number of allylic oxidation sites excluding steroid dienone is 6. The number of non-ortho nitro benzene ring substituents is 1. The number of rotatable bonds is 14. The van der Waals surface area contributed by atoms with Crippen molar-refractivity contribution in [1.82, 2.24) is 0 Å². The number of aliphatic hydroxyl groups is 3. The van der Waals surface area contributed by atoms with Gasteiger partial charge in [0.05, 0.1) is 64.1 Å². The summed E-state index contributed by atoms with van der Waals surface area (Å²) >= 11 is 0. The molecule has 16 rings (SSSR count). The Bertz CT molecular complexity index is 4370. The van der Waals surface area contributed by atoms with Gasteiger partial charge in [-0.1, -0.05) is 73.7 Å². The van der Waals surface area contributed by atoms with E-state index in [1.807, 2.05) is 18.2 Å². The molecular weight excluding hydrogens is 1350 g/mol. The molecule has 0 saturated heterocycles. The summed E-state index contributed by atoms with van der Waals surface area (Å²) in [5, 5.41) is 78.0. The van der Waals surface area contributed by atoms with Gasteiger partial charge >= 0.3 is 28.8 Å². The van der Waals surface area contributed by atoms with Crippen LogP contribution >= 0.6 is 0 Å². The Morgan fingerprint density at radius 2 is 0.811 bits per heavy atom. The van der Waals surface area contributed by atoms with Crippen LogP contribution in [0.15, 0.2) is 158 Å². The van der Waals surface area contributed by atoms with Gasteiger partial charge in [-0.3, -0.25) is 14.9 Å². The second kappa shape index (κ2) is 28.5. The number of oxime groups is 3. The fourth-order valence-corrected chi connectivity index (χ4v) is 24.5. The number of carboxylic acid groups (broad SMARTS) is 2. The first kappa shape index (κ1) is 74.8. The average molecular weight is 1460 g/mol. The van der Waals surface area contributed by atoms with Gasteiger partial charge in [0.2, 0.25) is 6.61 Å². The van der Waals surface area contributed by atoms with Crippen LogP contribution in [-0.4, -0.2) is 89.5 Å². The van der Waals surface area contributed by atoms with Gasteiger partial charge in [-0.15, -0.1) is 0 Å². The van der Waals surface area contributed by atoms with Gasteiger partial charge in [0.1, 0.15) is 13.2 Å². The van der Waals surface area contributed by atoms with Crippen LogP contribution < -0.4 is 16.9 Å². The molecule has 3 heterocycles. The van der Waals surface area contributed by atoms with Gasteiger partial charge in [-0.25, -0.2) is 19.2 Å². The zero-order valence-electron chi connectivity index (χ0n) is 62.1. The minimum Gasteiger partial charge on any atom is -0.481 e. The SMILES string of the molecule is C[C@]12CCC(=NOCC(=O)O)C=C1CCC1C2CC[C@]2(C)[C@@H](c3ccc(=O)oc3)CC[C@]12O.C[C@]12CCC(=NOCCC(=O)O)C=C1CCC1C2CC[C@]2(C)[C@@H](c3ccc(=O)oc3)CC[C@]12O.C[C@]12CCC(=NOCc3ccc([N+](=O)[O-])cc3)C=C1CCC1C2CC[C@]2(C)[C@@H](c3ccc(=O)oc3)CC[C@]12O. The summed E-state index contributed by atoms with van der Waals surface area (Å²) in [5.41, 5.74) is 6.99. The Morgan fingerprint density at radius 1 is 0.453 bits per heavy atom. The van der Waals surface area contributed by atoms with Gasteiger partial charge in [-0.2, -0.15) is 0 Å². The van der Waals surface area contributed by atoms with E-state index in [0.29, 0.717) is 17.8 Å². The molecule has 5 N–H and O–H groups in total. The van der Waals surface area contributed by atoms with Crippen LogP contribution in [0.3, 0.4) is 0 Å². The largest absolute Gasteiger partial charge is 0.481 e. The van der Waals surface area contributed by atoms with Gasteiger partial charge in [0, 0.05) is 46.6 Å². The summed E-state index contributed by atoms with van der Waals surface area (Å²) in [6.07, 6.45) is 33.3. The quantitative estimate of drug-likeness (QED) is 0.0445. The molecule has 0 amide bonds. The number of nitro groups is 1. The van der Waals surface area contributed by atoms with E-state index in [4.69, 9.17) is 38.0 Å². The molecule has 22 nitrogen and oxygen atoms in total. The predicted molar refractivity (Wildman–Crippen MR) is 395 cm³/mol. The summed E-state index contributed by atoms with van der Waals surface area (Å²) in [4.78, 5) is 82.2. The minimum absolute atomic E-state index is 0.0173. The smallest absolute Gasteiger partial charge is 0.344 e. The maximum absolute atomic E-state index is 12.4. The Labute approximate surface area is 617 Å². The van der Waals surface area contributed by atoms with Gasteiger partial charge in [0.15, 0.2) is 0 Å². The van der Waals surface area contributed by atoms with Crippen molar-refractivity contribution in [3.8, 4) is 0 Å². The first-order chi connectivity index (χ1) is 50.5. The number of hydrogen-bond acceptors (Lipinski definition) is 19. The number of aliphatic carboxylic acids is 2. The normalized spacial score (nSPS) is 39.0. The molecule has 18 atom stereocenters. The molecule has 6 unspecified atom stereocenters. The van der Waals surface area contributed by atoms with E-state index in [1.54, 1.807) is 30.9 Å². The lowest BCUT2D eigenvalue weighted by Gasteiger charge is -2.61. The number of benzene rings is 1. The van der Waals surface area contributed by atoms with Gasteiger partial charge < -0.3 is 53.3 Å². The number of nitro benzene ring substituents is 1. The van der Waals surface area contributed by atoms with Crippen LogP contribution in [0.2, 0.25) is 0 Å². The summed E-state index contributed by atoms with van der Waals surface area (Å²) in [6, 6.07) is 16.5. The van der Waals surface area contributed by atoms with E-state index in [1.165, 1.54) is 47.1 Å². The zero-order chi connectivity index (χ0) is 75.0. The molecule has 3 aromatic heterocycles. The topological polar surface area (TPSA) is 334 Å². The maximum atomic E-state index is 12.4. The van der Waals surface area contributed by atoms with Crippen LogP contribution in [0.25, 0.3) is 0 Å². The van der Waals surface area contributed by atoms with E-state index in [9.17, 15) is 49.4 Å². The van der Waals surface area contributed by atoms with Crippen molar-refractivity contribution in [2.24, 2.45) is 83.5 Å². The van der Waals surface area contributed by atoms with Crippen LogP contribution in [-0.2, 0) is 30.7 Å². The van der Waals surface area contributed by atoms with Crippen LogP contribution in [0.1, 0.15) is 242 Å². The Hall–Kier alpha value is -8.08. The maximum Gasteiger partial charge on any atom is 0.344 e. The first-order valence-corrected chi connectivity index (χ1v) is 38.8.